The van der Waals surface area contributed by atoms with Gasteiger partial charge in [-0.2, -0.15) is 0 Å². The van der Waals surface area contributed by atoms with Gasteiger partial charge in [0.1, 0.15) is 11.5 Å². The molecule has 0 unspecified atom stereocenters. The highest BCUT2D eigenvalue weighted by atomic mass is 16.5. The highest BCUT2D eigenvalue weighted by Crippen LogP contribution is 2.31. The van der Waals surface area contributed by atoms with E-state index >= 15 is 0 Å². The van der Waals surface area contributed by atoms with Gasteiger partial charge in [0, 0.05) is 24.7 Å². The van der Waals surface area contributed by atoms with Gasteiger partial charge in [-0.15, -0.1) is 0 Å². The largest absolute Gasteiger partial charge is 0.497 e. The van der Waals surface area contributed by atoms with Crippen molar-refractivity contribution in [1.82, 2.24) is 15.5 Å². The summed E-state index contributed by atoms with van der Waals surface area (Å²) < 4.78 is 10.7. The second-order valence-corrected chi connectivity index (χ2v) is 6.97. The van der Waals surface area contributed by atoms with Crippen molar-refractivity contribution in [3.05, 3.63) is 23.8 Å². The van der Waals surface area contributed by atoms with Gasteiger partial charge >= 0.3 is 6.03 Å². The zero-order chi connectivity index (χ0) is 19.1. The molecule has 1 aliphatic rings. The lowest BCUT2D eigenvalue weighted by Crippen LogP contribution is -2.45. The quantitative estimate of drug-likeness (QED) is 0.703. The smallest absolute Gasteiger partial charge is 0.321 e. The molecule has 26 heavy (non-hydrogen) atoms. The zero-order valence-corrected chi connectivity index (χ0v) is 16.0. The minimum absolute atomic E-state index is 0.167. The zero-order valence-electron chi connectivity index (χ0n) is 16.0. The van der Waals surface area contributed by atoms with E-state index in [1.54, 1.807) is 14.2 Å². The van der Waals surface area contributed by atoms with Crippen molar-refractivity contribution >= 4 is 11.9 Å². The van der Waals surface area contributed by atoms with Crippen molar-refractivity contribution in [3.8, 4) is 11.5 Å². The van der Waals surface area contributed by atoms with Crippen molar-refractivity contribution in [1.29, 1.82) is 0 Å². The first kappa shape index (κ1) is 20.0. The number of rotatable bonds is 9. The second-order valence-electron chi connectivity index (χ2n) is 6.97. The fourth-order valence-corrected chi connectivity index (χ4v) is 2.67. The van der Waals surface area contributed by atoms with E-state index in [2.05, 4.69) is 15.5 Å². The average Bonchev–Trinajstić information content (AvgIpc) is 3.44. The molecule has 2 N–H and O–H groups in total. The highest BCUT2D eigenvalue weighted by molar-refractivity contribution is 5.95. The summed E-state index contributed by atoms with van der Waals surface area (Å²) in [5.74, 6) is 1.53. The molecule has 0 aromatic heterocycles. The number of carbonyl (C=O) groups is 2. The molecule has 0 saturated heterocycles. The summed E-state index contributed by atoms with van der Waals surface area (Å²) in [6.07, 6.45) is 2.11. The number of nitrogens with one attached hydrogen (secondary N) is 2. The fourth-order valence-electron chi connectivity index (χ4n) is 2.67. The first-order valence-electron chi connectivity index (χ1n) is 8.95. The summed E-state index contributed by atoms with van der Waals surface area (Å²) in [5, 5.41) is 5.09. The van der Waals surface area contributed by atoms with Gasteiger partial charge in [-0.05, 0) is 37.0 Å². The predicted octanol–water partition coefficient (Wildman–Crippen LogP) is 2.15. The van der Waals surface area contributed by atoms with Crippen molar-refractivity contribution < 1.29 is 19.1 Å². The molecule has 144 valence electrons. The SMILES string of the molecule is COc1ccc(OC)c(CN(CC(=O)NC(=O)NCC(C)C)C2CC2)c1. The number of hydrogen-bond donors (Lipinski definition) is 2. The number of nitrogens with zero attached hydrogens (tertiary/aromatic N) is 1. The van der Waals surface area contributed by atoms with Crippen LogP contribution in [0.5, 0.6) is 11.5 Å². The van der Waals surface area contributed by atoms with Crippen LogP contribution in [0.3, 0.4) is 0 Å². The van der Waals surface area contributed by atoms with Crippen LogP contribution in [0, 0.1) is 5.92 Å². The Hall–Kier alpha value is -2.28. The van der Waals surface area contributed by atoms with Crippen LogP contribution in [0.15, 0.2) is 18.2 Å². The average molecular weight is 363 g/mol. The van der Waals surface area contributed by atoms with Gasteiger partial charge in [-0.25, -0.2) is 4.79 Å². The van der Waals surface area contributed by atoms with E-state index in [0.717, 1.165) is 29.9 Å². The molecular formula is C19H29N3O4. The minimum atomic E-state index is -0.446. The molecule has 0 spiro atoms. The number of urea groups is 1. The van der Waals surface area contributed by atoms with Crippen LogP contribution in [0.25, 0.3) is 0 Å². The lowest BCUT2D eigenvalue weighted by atomic mass is 10.1. The van der Waals surface area contributed by atoms with Crippen molar-refractivity contribution in [3.63, 3.8) is 0 Å². The van der Waals surface area contributed by atoms with Gasteiger partial charge in [-0.3, -0.25) is 15.0 Å². The fraction of sp³-hybridized carbons (Fsp3) is 0.579. The number of imide groups is 1. The van der Waals surface area contributed by atoms with Crippen LogP contribution in [0.2, 0.25) is 0 Å². The first-order valence-corrected chi connectivity index (χ1v) is 8.95. The number of carbonyl (C=O) groups excluding carboxylic acids is 2. The lowest BCUT2D eigenvalue weighted by Gasteiger charge is -2.23. The molecule has 3 amide bonds. The van der Waals surface area contributed by atoms with Crippen molar-refractivity contribution in [2.45, 2.75) is 39.3 Å². The highest BCUT2D eigenvalue weighted by Gasteiger charge is 2.31. The molecule has 0 bridgehead atoms. The molecule has 0 heterocycles. The Balaban J connectivity index is 1.97. The number of amides is 3. The Morgan fingerprint density at radius 3 is 2.54 bits per heavy atom. The normalized spacial score (nSPS) is 13.6. The van der Waals surface area contributed by atoms with E-state index in [9.17, 15) is 9.59 Å². The van der Waals surface area contributed by atoms with Crippen LogP contribution < -0.4 is 20.1 Å². The van der Waals surface area contributed by atoms with Crippen LogP contribution >= 0.6 is 0 Å². The monoisotopic (exact) mass is 363 g/mol. The van der Waals surface area contributed by atoms with Crippen LogP contribution in [0.4, 0.5) is 4.79 Å². The Kier molecular flexibility index (Phi) is 7.26. The third-order valence-corrected chi connectivity index (χ3v) is 4.19. The Bertz CT molecular complexity index is 629. The van der Waals surface area contributed by atoms with Gasteiger partial charge in [0.2, 0.25) is 5.91 Å². The molecule has 0 radical (unpaired) electrons. The third kappa shape index (κ3) is 6.22. The lowest BCUT2D eigenvalue weighted by molar-refractivity contribution is -0.121. The van der Waals surface area contributed by atoms with Gasteiger partial charge in [0.15, 0.2) is 0 Å². The number of ether oxygens (including phenoxy) is 2. The Morgan fingerprint density at radius 2 is 1.96 bits per heavy atom. The molecule has 0 aliphatic heterocycles. The van der Waals surface area contributed by atoms with Gasteiger partial charge < -0.3 is 14.8 Å². The molecule has 1 fully saturated rings. The standard InChI is InChI=1S/C19H29N3O4/c1-13(2)10-20-19(24)21-18(23)12-22(15-5-6-15)11-14-9-16(25-3)7-8-17(14)26-4/h7-9,13,15H,5-6,10-12H2,1-4H3,(H2,20,21,23,24). The molecule has 2 rings (SSSR count). The third-order valence-electron chi connectivity index (χ3n) is 4.19. The maximum atomic E-state index is 12.2. The predicted molar refractivity (Wildman–Crippen MR) is 99.4 cm³/mol. The van der Waals surface area contributed by atoms with Crippen molar-refractivity contribution in [2.75, 3.05) is 27.3 Å². The topological polar surface area (TPSA) is 79.9 Å². The molecule has 1 aromatic carbocycles. The second kappa shape index (κ2) is 9.43. The van der Waals surface area contributed by atoms with Crippen LogP contribution in [0.1, 0.15) is 32.3 Å². The van der Waals surface area contributed by atoms with E-state index in [4.69, 9.17) is 9.47 Å². The Morgan fingerprint density at radius 1 is 1.23 bits per heavy atom. The van der Waals surface area contributed by atoms with E-state index in [1.165, 1.54) is 0 Å². The van der Waals surface area contributed by atoms with E-state index in [0.29, 0.717) is 25.0 Å². The van der Waals surface area contributed by atoms with Gasteiger partial charge in [0.05, 0.1) is 20.8 Å². The number of benzene rings is 1. The molecule has 1 aromatic rings. The number of hydrogen-bond acceptors (Lipinski definition) is 5. The molecular weight excluding hydrogens is 334 g/mol. The van der Waals surface area contributed by atoms with Gasteiger partial charge in [-0.1, -0.05) is 13.8 Å². The minimum Gasteiger partial charge on any atom is -0.497 e. The molecule has 0 atom stereocenters. The van der Waals surface area contributed by atoms with Gasteiger partial charge in [0.25, 0.3) is 0 Å². The summed E-state index contributed by atoms with van der Waals surface area (Å²) in [5.41, 5.74) is 0.954. The summed E-state index contributed by atoms with van der Waals surface area (Å²) in [6, 6.07) is 5.53. The van der Waals surface area contributed by atoms with Crippen molar-refractivity contribution in [2.24, 2.45) is 5.92 Å². The first-order chi connectivity index (χ1) is 12.4. The molecule has 1 saturated carbocycles. The van der Waals surface area contributed by atoms with E-state index in [-0.39, 0.29) is 12.5 Å². The van der Waals surface area contributed by atoms with E-state index in [1.807, 2.05) is 32.0 Å². The number of methoxy groups -OCH3 is 2. The summed E-state index contributed by atoms with van der Waals surface area (Å²) in [4.78, 5) is 26.1. The van der Waals surface area contributed by atoms with E-state index < -0.39 is 6.03 Å². The summed E-state index contributed by atoms with van der Waals surface area (Å²) in [6.45, 7) is 5.26. The maximum absolute atomic E-state index is 12.2. The summed E-state index contributed by atoms with van der Waals surface area (Å²) >= 11 is 0. The maximum Gasteiger partial charge on any atom is 0.321 e. The summed E-state index contributed by atoms with van der Waals surface area (Å²) in [7, 11) is 3.24. The Labute approximate surface area is 155 Å². The molecule has 7 nitrogen and oxygen atoms in total. The van der Waals surface area contributed by atoms with Crippen LogP contribution in [-0.4, -0.2) is 50.2 Å². The molecule has 1 aliphatic carbocycles. The van der Waals surface area contributed by atoms with Crippen LogP contribution in [-0.2, 0) is 11.3 Å². The molecule has 7 heteroatoms.